The Hall–Kier alpha value is -2.09. The van der Waals surface area contributed by atoms with Crippen molar-refractivity contribution in [1.29, 1.82) is 5.26 Å². The summed E-state index contributed by atoms with van der Waals surface area (Å²) >= 11 is 0. The van der Waals surface area contributed by atoms with Crippen LogP contribution in [-0.4, -0.2) is 35.4 Å². The van der Waals surface area contributed by atoms with E-state index >= 15 is 0 Å². The number of rotatable bonds is 2. The van der Waals surface area contributed by atoms with Crippen LogP contribution >= 0.6 is 0 Å². The standard InChI is InChI=1S/C11H12N4O/c1-15-5-4-9(11(15)16)14-10-3-2-8(6-12)7-13-10/h2-3,7,9H,4-5H2,1H3,(H,13,14). The van der Waals surface area contributed by atoms with E-state index in [-0.39, 0.29) is 11.9 Å². The van der Waals surface area contributed by atoms with Gasteiger partial charge in [-0.3, -0.25) is 4.79 Å². The third-order valence-corrected chi connectivity index (χ3v) is 2.64. The minimum absolute atomic E-state index is 0.0890. The first-order valence-corrected chi connectivity index (χ1v) is 5.08. The fourth-order valence-corrected chi connectivity index (χ4v) is 1.68. The Kier molecular flexibility index (Phi) is 2.73. The summed E-state index contributed by atoms with van der Waals surface area (Å²) in [5.41, 5.74) is 0.514. The van der Waals surface area contributed by atoms with Crippen LogP contribution in [0.5, 0.6) is 0 Å². The number of likely N-dealkylation sites (N-methyl/N-ethyl adjacent to an activating group) is 1. The lowest BCUT2D eigenvalue weighted by molar-refractivity contribution is -0.127. The average molecular weight is 216 g/mol. The second-order valence-electron chi connectivity index (χ2n) is 3.79. The first kappa shape index (κ1) is 10.4. The lowest BCUT2D eigenvalue weighted by Crippen LogP contribution is -2.31. The van der Waals surface area contributed by atoms with Gasteiger partial charge in [-0.1, -0.05) is 0 Å². The van der Waals surface area contributed by atoms with Gasteiger partial charge in [-0.05, 0) is 18.6 Å². The monoisotopic (exact) mass is 216 g/mol. The smallest absolute Gasteiger partial charge is 0.244 e. The summed E-state index contributed by atoms with van der Waals surface area (Å²) in [6.07, 6.45) is 2.28. The highest BCUT2D eigenvalue weighted by molar-refractivity contribution is 5.86. The number of anilines is 1. The van der Waals surface area contributed by atoms with Crippen molar-refractivity contribution in [2.45, 2.75) is 12.5 Å². The lowest BCUT2D eigenvalue weighted by atomic mass is 10.2. The van der Waals surface area contributed by atoms with Crippen LogP contribution in [0.15, 0.2) is 18.3 Å². The molecule has 1 fully saturated rings. The summed E-state index contributed by atoms with van der Waals surface area (Å²) in [4.78, 5) is 17.4. The van der Waals surface area contributed by atoms with Crippen molar-refractivity contribution >= 4 is 11.7 Å². The second kappa shape index (κ2) is 4.19. The number of amides is 1. The van der Waals surface area contributed by atoms with Gasteiger partial charge in [0, 0.05) is 19.8 Å². The van der Waals surface area contributed by atoms with Crippen LogP contribution in [0.2, 0.25) is 0 Å². The largest absolute Gasteiger partial charge is 0.358 e. The van der Waals surface area contributed by atoms with Gasteiger partial charge in [-0.15, -0.1) is 0 Å². The topological polar surface area (TPSA) is 69.0 Å². The Labute approximate surface area is 93.7 Å². The van der Waals surface area contributed by atoms with Gasteiger partial charge in [0.2, 0.25) is 5.91 Å². The van der Waals surface area contributed by atoms with Gasteiger partial charge in [0.05, 0.1) is 5.56 Å². The van der Waals surface area contributed by atoms with E-state index in [0.29, 0.717) is 11.4 Å². The van der Waals surface area contributed by atoms with E-state index in [0.717, 1.165) is 13.0 Å². The van der Waals surface area contributed by atoms with Crippen LogP contribution in [0.3, 0.4) is 0 Å². The normalized spacial score (nSPS) is 19.6. The molecule has 0 radical (unpaired) electrons. The molecule has 0 bridgehead atoms. The molecular weight excluding hydrogens is 204 g/mol. The van der Waals surface area contributed by atoms with E-state index in [1.54, 1.807) is 24.1 Å². The molecule has 1 aliphatic rings. The molecule has 0 spiro atoms. The number of hydrogen-bond acceptors (Lipinski definition) is 4. The molecule has 1 saturated heterocycles. The van der Waals surface area contributed by atoms with Crippen molar-refractivity contribution in [2.24, 2.45) is 0 Å². The molecule has 5 nitrogen and oxygen atoms in total. The molecule has 1 aromatic rings. The quantitative estimate of drug-likeness (QED) is 0.785. The third kappa shape index (κ3) is 1.96. The SMILES string of the molecule is CN1CCC(Nc2ccc(C#N)cn2)C1=O. The van der Waals surface area contributed by atoms with Crippen molar-refractivity contribution < 1.29 is 4.79 Å². The van der Waals surface area contributed by atoms with E-state index in [9.17, 15) is 4.79 Å². The number of carbonyl (C=O) groups excluding carboxylic acids is 1. The average Bonchev–Trinajstić information content (AvgIpc) is 2.62. The summed E-state index contributed by atoms with van der Waals surface area (Å²) in [6, 6.07) is 5.20. The number of likely N-dealkylation sites (tertiary alicyclic amines) is 1. The Morgan fingerprint density at radius 1 is 1.62 bits per heavy atom. The molecule has 1 N–H and O–H groups in total. The zero-order valence-corrected chi connectivity index (χ0v) is 8.97. The molecule has 2 rings (SSSR count). The molecule has 0 saturated carbocycles. The van der Waals surface area contributed by atoms with Crippen LogP contribution < -0.4 is 5.32 Å². The summed E-state index contributed by atoms with van der Waals surface area (Å²) in [5, 5.41) is 11.7. The van der Waals surface area contributed by atoms with Crippen LogP contribution in [0.4, 0.5) is 5.82 Å². The molecule has 16 heavy (non-hydrogen) atoms. The molecule has 82 valence electrons. The summed E-state index contributed by atoms with van der Waals surface area (Å²) < 4.78 is 0. The van der Waals surface area contributed by atoms with E-state index in [4.69, 9.17) is 5.26 Å². The Bertz CT molecular complexity index is 434. The third-order valence-electron chi connectivity index (χ3n) is 2.64. The number of carbonyl (C=O) groups is 1. The number of nitrogens with one attached hydrogen (secondary N) is 1. The maximum absolute atomic E-state index is 11.6. The van der Waals surface area contributed by atoms with Crippen LogP contribution in [-0.2, 0) is 4.79 Å². The summed E-state index contributed by atoms with van der Waals surface area (Å²) in [5.74, 6) is 0.721. The van der Waals surface area contributed by atoms with E-state index in [2.05, 4.69) is 10.3 Å². The van der Waals surface area contributed by atoms with Crippen molar-refractivity contribution in [1.82, 2.24) is 9.88 Å². The predicted molar refractivity (Wildman–Crippen MR) is 58.6 cm³/mol. The minimum atomic E-state index is -0.189. The zero-order chi connectivity index (χ0) is 11.5. The number of nitriles is 1. The summed E-state index contributed by atoms with van der Waals surface area (Å²) in [7, 11) is 1.79. The molecule has 1 unspecified atom stereocenters. The van der Waals surface area contributed by atoms with Gasteiger partial charge < -0.3 is 10.2 Å². The van der Waals surface area contributed by atoms with Crippen molar-refractivity contribution in [2.75, 3.05) is 18.9 Å². The van der Waals surface area contributed by atoms with Crippen LogP contribution in [0, 0.1) is 11.3 Å². The van der Waals surface area contributed by atoms with E-state index < -0.39 is 0 Å². The van der Waals surface area contributed by atoms with E-state index in [1.807, 2.05) is 6.07 Å². The Morgan fingerprint density at radius 2 is 2.44 bits per heavy atom. The summed E-state index contributed by atoms with van der Waals surface area (Å²) in [6.45, 7) is 0.771. The maximum Gasteiger partial charge on any atom is 0.244 e. The molecule has 1 aromatic heterocycles. The first-order valence-electron chi connectivity index (χ1n) is 5.08. The molecule has 1 atom stereocenters. The lowest BCUT2D eigenvalue weighted by Gasteiger charge is -2.12. The fourth-order valence-electron chi connectivity index (χ4n) is 1.68. The van der Waals surface area contributed by atoms with Gasteiger partial charge in [0.25, 0.3) is 0 Å². The molecule has 5 heteroatoms. The first-order chi connectivity index (χ1) is 7.70. The highest BCUT2D eigenvalue weighted by atomic mass is 16.2. The van der Waals surface area contributed by atoms with Crippen LogP contribution in [0.25, 0.3) is 0 Å². The molecule has 1 amide bonds. The molecule has 2 heterocycles. The number of hydrogen-bond donors (Lipinski definition) is 1. The number of nitrogens with zero attached hydrogens (tertiary/aromatic N) is 3. The Balaban J connectivity index is 2.05. The molecular formula is C11H12N4O. The van der Waals surface area contributed by atoms with Crippen molar-refractivity contribution in [3.05, 3.63) is 23.9 Å². The van der Waals surface area contributed by atoms with Gasteiger partial charge in [-0.2, -0.15) is 5.26 Å². The zero-order valence-electron chi connectivity index (χ0n) is 8.97. The van der Waals surface area contributed by atoms with Crippen molar-refractivity contribution in [3.63, 3.8) is 0 Å². The maximum atomic E-state index is 11.6. The van der Waals surface area contributed by atoms with Gasteiger partial charge in [-0.25, -0.2) is 4.98 Å². The Morgan fingerprint density at radius 3 is 2.94 bits per heavy atom. The minimum Gasteiger partial charge on any atom is -0.358 e. The van der Waals surface area contributed by atoms with Crippen molar-refractivity contribution in [3.8, 4) is 6.07 Å². The van der Waals surface area contributed by atoms with Gasteiger partial charge in [0.1, 0.15) is 17.9 Å². The number of pyridine rings is 1. The molecule has 1 aliphatic heterocycles. The fraction of sp³-hybridized carbons (Fsp3) is 0.364. The van der Waals surface area contributed by atoms with Gasteiger partial charge in [0.15, 0.2) is 0 Å². The molecule has 0 aromatic carbocycles. The van der Waals surface area contributed by atoms with Crippen LogP contribution in [0.1, 0.15) is 12.0 Å². The van der Waals surface area contributed by atoms with E-state index in [1.165, 1.54) is 6.20 Å². The highest BCUT2D eigenvalue weighted by Gasteiger charge is 2.28. The highest BCUT2D eigenvalue weighted by Crippen LogP contribution is 2.14. The molecule has 0 aliphatic carbocycles. The number of aromatic nitrogens is 1. The second-order valence-corrected chi connectivity index (χ2v) is 3.79. The van der Waals surface area contributed by atoms with Gasteiger partial charge >= 0.3 is 0 Å². The predicted octanol–water partition coefficient (Wildman–Crippen LogP) is 0.596.